The molecule has 0 aliphatic heterocycles. The second-order valence-electron chi connectivity index (χ2n) is 11.2. The zero-order valence-corrected chi connectivity index (χ0v) is 23.9. The molecule has 3 aromatic carbocycles. The highest BCUT2D eigenvalue weighted by atomic mass is 32.2. The summed E-state index contributed by atoms with van der Waals surface area (Å²) in [6.07, 6.45) is -4.14. The second-order valence-corrected chi connectivity index (χ2v) is 12.3. The molecule has 4 aromatic rings. The molecule has 7 heteroatoms. The number of alkyl halides is 3. The predicted octanol–water partition coefficient (Wildman–Crippen LogP) is 9.25. The van der Waals surface area contributed by atoms with Crippen LogP contribution in [0.3, 0.4) is 0 Å². The first-order valence-electron chi connectivity index (χ1n) is 13.0. The van der Waals surface area contributed by atoms with E-state index in [0.29, 0.717) is 18.0 Å². The van der Waals surface area contributed by atoms with Gasteiger partial charge in [0.15, 0.2) is 0 Å². The number of aryl methyl sites for hydroxylation is 2. The van der Waals surface area contributed by atoms with Gasteiger partial charge in [-0.1, -0.05) is 61.5 Å². The van der Waals surface area contributed by atoms with Crippen molar-refractivity contribution in [2.24, 2.45) is 5.41 Å². The average Bonchev–Trinajstić information content (AvgIpc) is 3.11. The fourth-order valence-electron chi connectivity index (χ4n) is 4.72. The molecule has 0 saturated heterocycles. The van der Waals surface area contributed by atoms with Gasteiger partial charge in [-0.2, -0.15) is 13.2 Å². The molecule has 0 bridgehead atoms. The van der Waals surface area contributed by atoms with E-state index in [2.05, 4.69) is 61.7 Å². The Hall–Kier alpha value is -3.19. The molecule has 0 amide bonds. The van der Waals surface area contributed by atoms with E-state index in [9.17, 15) is 23.1 Å². The van der Waals surface area contributed by atoms with Crippen LogP contribution in [-0.4, -0.2) is 15.6 Å². The molecule has 3 nitrogen and oxygen atoms in total. The molecule has 1 N–H and O–H groups in total. The van der Waals surface area contributed by atoms with E-state index in [1.807, 2.05) is 6.92 Å². The molecule has 0 radical (unpaired) electrons. The third kappa shape index (κ3) is 6.19. The van der Waals surface area contributed by atoms with Crippen molar-refractivity contribution in [1.29, 1.82) is 0 Å². The van der Waals surface area contributed by atoms with Crippen LogP contribution in [0, 0.1) is 19.3 Å². The van der Waals surface area contributed by atoms with Gasteiger partial charge in [0, 0.05) is 39.4 Å². The van der Waals surface area contributed by atoms with Crippen LogP contribution >= 0.6 is 11.8 Å². The number of halogens is 3. The summed E-state index contributed by atoms with van der Waals surface area (Å²) in [6, 6.07) is 17.8. The lowest BCUT2D eigenvalue weighted by molar-refractivity contribution is -0.147. The quantitative estimate of drug-likeness (QED) is 0.236. The molecule has 0 fully saturated rings. The van der Waals surface area contributed by atoms with Gasteiger partial charge in [-0.3, -0.25) is 4.79 Å². The number of fused-ring (bicyclic) bond motifs is 1. The van der Waals surface area contributed by atoms with E-state index < -0.39 is 23.1 Å². The number of rotatable bonds is 8. The Bertz CT molecular complexity index is 1520. The van der Waals surface area contributed by atoms with Gasteiger partial charge in [-0.25, -0.2) is 0 Å². The Morgan fingerprint density at radius 3 is 2.21 bits per heavy atom. The Morgan fingerprint density at radius 2 is 1.64 bits per heavy atom. The van der Waals surface area contributed by atoms with Gasteiger partial charge < -0.3 is 9.67 Å². The third-order valence-corrected chi connectivity index (χ3v) is 8.50. The van der Waals surface area contributed by atoms with E-state index in [1.54, 1.807) is 25.6 Å². The molecule has 0 saturated carbocycles. The number of hydrogen-bond acceptors (Lipinski definition) is 2. The molecule has 39 heavy (non-hydrogen) atoms. The smallest absolute Gasteiger partial charge is 0.416 e. The largest absolute Gasteiger partial charge is 0.481 e. The second kappa shape index (κ2) is 10.8. The first kappa shape index (κ1) is 28.8. The van der Waals surface area contributed by atoms with Crippen LogP contribution in [0.5, 0.6) is 0 Å². The molecule has 0 aliphatic carbocycles. The fraction of sp³-hybridized carbons (Fsp3) is 0.344. The van der Waals surface area contributed by atoms with Crippen molar-refractivity contribution in [3.8, 4) is 0 Å². The molecule has 1 aromatic heterocycles. The summed E-state index contributed by atoms with van der Waals surface area (Å²) in [6.45, 7) is 12.1. The summed E-state index contributed by atoms with van der Waals surface area (Å²) >= 11 is 1.63. The minimum absolute atomic E-state index is 0.266. The van der Waals surface area contributed by atoms with Gasteiger partial charge in [-0.15, -0.1) is 0 Å². The Labute approximate surface area is 232 Å². The summed E-state index contributed by atoms with van der Waals surface area (Å²) in [5.74, 6) is -0.607. The predicted molar refractivity (Wildman–Crippen MR) is 152 cm³/mol. The van der Waals surface area contributed by atoms with Gasteiger partial charge in [0.2, 0.25) is 0 Å². The lowest BCUT2D eigenvalue weighted by Crippen LogP contribution is -2.27. The summed E-state index contributed by atoms with van der Waals surface area (Å²) in [5.41, 5.74) is 4.23. The topological polar surface area (TPSA) is 42.2 Å². The van der Waals surface area contributed by atoms with Crippen LogP contribution in [-0.2, 0) is 23.9 Å². The summed E-state index contributed by atoms with van der Waals surface area (Å²) in [7, 11) is 0. The van der Waals surface area contributed by atoms with Crippen molar-refractivity contribution in [3.63, 3.8) is 0 Å². The molecule has 0 unspecified atom stereocenters. The van der Waals surface area contributed by atoms with Crippen LogP contribution in [0.15, 0.2) is 70.5 Å². The minimum Gasteiger partial charge on any atom is -0.481 e. The Morgan fingerprint density at radius 1 is 0.974 bits per heavy atom. The maximum absolute atomic E-state index is 13.2. The lowest BCUT2D eigenvalue weighted by atomic mass is 9.88. The first-order chi connectivity index (χ1) is 18.2. The molecule has 0 spiro atoms. The normalized spacial score (nSPS) is 12.5. The molecule has 1 heterocycles. The first-order valence-corrected chi connectivity index (χ1v) is 13.8. The highest BCUT2D eigenvalue weighted by Gasteiger charge is 2.33. The average molecular weight is 554 g/mol. The highest BCUT2D eigenvalue weighted by Crippen LogP contribution is 2.43. The summed E-state index contributed by atoms with van der Waals surface area (Å²) < 4.78 is 41.6. The van der Waals surface area contributed by atoms with Crippen molar-refractivity contribution < 1.29 is 23.1 Å². The zero-order chi connectivity index (χ0) is 28.7. The number of nitrogens with zero attached hydrogens (tertiary/aromatic N) is 1. The van der Waals surface area contributed by atoms with Crippen molar-refractivity contribution in [2.75, 3.05) is 0 Å². The molecular formula is C32H34F3NO2S. The van der Waals surface area contributed by atoms with Crippen molar-refractivity contribution in [2.45, 2.75) is 76.4 Å². The number of aliphatic carboxylic acids is 1. The molecule has 4 rings (SSSR count). The zero-order valence-electron chi connectivity index (χ0n) is 23.1. The van der Waals surface area contributed by atoms with Gasteiger partial charge in [0.25, 0.3) is 0 Å². The highest BCUT2D eigenvalue weighted by molar-refractivity contribution is 7.99. The molecule has 0 atom stereocenters. The van der Waals surface area contributed by atoms with E-state index in [1.165, 1.54) is 17.7 Å². The van der Waals surface area contributed by atoms with Gasteiger partial charge >= 0.3 is 12.1 Å². The van der Waals surface area contributed by atoms with Crippen LogP contribution in [0.1, 0.15) is 67.1 Å². The van der Waals surface area contributed by atoms with Crippen LogP contribution in [0.4, 0.5) is 13.2 Å². The number of benzene rings is 3. The number of carboxylic acid groups (broad SMARTS) is 1. The van der Waals surface area contributed by atoms with E-state index in [-0.39, 0.29) is 6.42 Å². The van der Waals surface area contributed by atoms with Crippen molar-refractivity contribution in [1.82, 2.24) is 4.57 Å². The van der Waals surface area contributed by atoms with E-state index in [0.717, 1.165) is 49.6 Å². The van der Waals surface area contributed by atoms with Gasteiger partial charge in [0.1, 0.15) is 0 Å². The number of hydrogen-bond donors (Lipinski definition) is 1. The van der Waals surface area contributed by atoms with E-state index in [4.69, 9.17) is 0 Å². The van der Waals surface area contributed by atoms with E-state index >= 15 is 0 Å². The Balaban J connectivity index is 1.95. The molecular weight excluding hydrogens is 519 g/mol. The Kier molecular flexibility index (Phi) is 7.95. The van der Waals surface area contributed by atoms with Crippen LogP contribution < -0.4 is 0 Å². The molecule has 206 valence electrons. The van der Waals surface area contributed by atoms with Crippen molar-refractivity contribution in [3.05, 3.63) is 94.2 Å². The monoisotopic (exact) mass is 553 g/mol. The van der Waals surface area contributed by atoms with Crippen LogP contribution in [0.25, 0.3) is 10.9 Å². The van der Waals surface area contributed by atoms with Gasteiger partial charge in [-0.05, 0) is 80.6 Å². The van der Waals surface area contributed by atoms with Gasteiger partial charge in [0.05, 0.1) is 11.0 Å². The number of carboxylic acids is 1. The van der Waals surface area contributed by atoms with Crippen molar-refractivity contribution >= 4 is 28.6 Å². The minimum atomic E-state index is -4.40. The maximum Gasteiger partial charge on any atom is 0.416 e. The fourth-order valence-corrected chi connectivity index (χ4v) is 5.87. The number of carbonyl (C=O) groups is 1. The third-order valence-electron chi connectivity index (χ3n) is 7.16. The summed E-state index contributed by atoms with van der Waals surface area (Å²) in [5, 5.41) is 11.0. The maximum atomic E-state index is 13.2. The lowest BCUT2D eigenvalue weighted by Gasteiger charge is -2.22. The molecule has 0 aliphatic rings. The standard InChI is InChI=1S/C32H34F3NO2S/c1-19(2)23-10-13-26-25(16-23)29(39-28-14-7-20(3)15-21(28)4)27(17-31(5,6)30(37)38)36(26)18-22-8-11-24(12-9-22)32(33,34)35/h7-16,19H,17-18H2,1-6H3,(H,37,38). The SMILES string of the molecule is Cc1ccc(Sc2c(CC(C)(C)C(=O)O)n(Cc3ccc(C(F)(F)F)cc3)c3ccc(C(C)C)cc23)c(C)c1. The summed E-state index contributed by atoms with van der Waals surface area (Å²) in [4.78, 5) is 14.3. The van der Waals surface area contributed by atoms with Crippen LogP contribution in [0.2, 0.25) is 0 Å². The number of aromatic nitrogens is 1.